The molecule has 0 spiro atoms. The second kappa shape index (κ2) is 7.90. The lowest BCUT2D eigenvalue weighted by Crippen LogP contribution is -2.41. The molecule has 7 nitrogen and oxygen atoms in total. The fourth-order valence-corrected chi connectivity index (χ4v) is 3.67. The number of carbonyl (C=O) groups is 1. The van der Waals surface area contributed by atoms with Crippen molar-refractivity contribution in [1.82, 2.24) is 15.0 Å². The second-order valence-corrected chi connectivity index (χ2v) is 6.92. The predicted octanol–water partition coefficient (Wildman–Crippen LogP) is 2.44. The van der Waals surface area contributed by atoms with Crippen molar-refractivity contribution in [3.63, 3.8) is 0 Å². The average Bonchev–Trinajstić information content (AvgIpc) is 2.78. The first-order valence-electron chi connectivity index (χ1n) is 9.35. The zero-order valence-electron chi connectivity index (χ0n) is 15.7. The van der Waals surface area contributed by atoms with Crippen LogP contribution in [-0.4, -0.2) is 52.3 Å². The average molecular weight is 378 g/mol. The Hall–Kier alpha value is -3.06. The minimum atomic E-state index is -1.07. The molecule has 1 atom stereocenters. The molecule has 28 heavy (non-hydrogen) atoms. The molecule has 1 fully saturated rings. The molecular weight excluding hydrogens is 356 g/mol. The number of rotatable bonds is 4. The van der Waals surface area contributed by atoms with Crippen molar-refractivity contribution < 1.29 is 14.6 Å². The largest absolute Gasteiger partial charge is 0.467 e. The van der Waals surface area contributed by atoms with E-state index in [1.807, 2.05) is 36.4 Å². The number of aliphatic hydroxyl groups is 1. The van der Waals surface area contributed by atoms with E-state index < -0.39 is 12.1 Å². The van der Waals surface area contributed by atoms with Gasteiger partial charge >= 0.3 is 5.97 Å². The molecule has 1 N–H and O–H groups in total. The van der Waals surface area contributed by atoms with Crippen LogP contribution in [0.5, 0.6) is 0 Å². The Labute approximate surface area is 163 Å². The molecule has 0 aliphatic carbocycles. The molecule has 2 aromatic heterocycles. The van der Waals surface area contributed by atoms with E-state index in [0.29, 0.717) is 31.8 Å². The van der Waals surface area contributed by atoms with Gasteiger partial charge in [0.05, 0.1) is 12.6 Å². The smallest absolute Gasteiger partial charge is 0.334 e. The van der Waals surface area contributed by atoms with E-state index in [0.717, 1.165) is 22.3 Å². The molecule has 3 heterocycles. The summed E-state index contributed by atoms with van der Waals surface area (Å²) in [7, 11) is 1.30. The maximum atomic E-state index is 11.6. The van der Waals surface area contributed by atoms with Crippen LogP contribution in [0.4, 0.5) is 5.82 Å². The summed E-state index contributed by atoms with van der Waals surface area (Å²) in [5.74, 6) is 0.841. The minimum absolute atomic E-state index is 0.102. The van der Waals surface area contributed by atoms with Crippen LogP contribution < -0.4 is 4.90 Å². The first kappa shape index (κ1) is 18.3. The topological polar surface area (TPSA) is 88.4 Å². The fourth-order valence-electron chi connectivity index (χ4n) is 3.67. The van der Waals surface area contributed by atoms with E-state index in [-0.39, 0.29) is 5.92 Å². The lowest BCUT2D eigenvalue weighted by molar-refractivity contribution is -0.153. The number of fused-ring (bicyclic) bond motifs is 1. The summed E-state index contributed by atoms with van der Waals surface area (Å²) in [6, 6.07) is 11.8. The van der Waals surface area contributed by atoms with Crippen LogP contribution in [0.15, 0.2) is 48.8 Å². The number of hydrogen-bond acceptors (Lipinski definition) is 7. The lowest BCUT2D eigenvalue weighted by Gasteiger charge is -2.34. The molecule has 1 aliphatic rings. The third-order valence-corrected chi connectivity index (χ3v) is 5.23. The highest BCUT2D eigenvalue weighted by atomic mass is 16.5. The van der Waals surface area contributed by atoms with Gasteiger partial charge in [-0.05, 0) is 43.0 Å². The van der Waals surface area contributed by atoms with Gasteiger partial charge in [0.1, 0.15) is 5.82 Å². The lowest BCUT2D eigenvalue weighted by atomic mass is 9.91. The zero-order valence-corrected chi connectivity index (χ0v) is 15.7. The summed E-state index contributed by atoms with van der Waals surface area (Å²) in [5.41, 5.74) is 1.74. The van der Waals surface area contributed by atoms with Crippen LogP contribution in [-0.2, 0) is 9.53 Å². The molecule has 1 aromatic carbocycles. The van der Waals surface area contributed by atoms with Crippen LogP contribution in [0.3, 0.4) is 0 Å². The summed E-state index contributed by atoms with van der Waals surface area (Å²) in [6.07, 6.45) is 3.80. The summed E-state index contributed by atoms with van der Waals surface area (Å²) in [5, 5.41) is 11.1. The predicted molar refractivity (Wildman–Crippen MR) is 106 cm³/mol. The Kier molecular flexibility index (Phi) is 5.16. The maximum absolute atomic E-state index is 11.6. The molecule has 1 unspecified atom stereocenters. The van der Waals surface area contributed by atoms with Gasteiger partial charge in [0, 0.05) is 36.4 Å². The summed E-state index contributed by atoms with van der Waals surface area (Å²) in [6.45, 7) is 1.40. The van der Waals surface area contributed by atoms with E-state index in [1.54, 1.807) is 12.4 Å². The molecule has 1 saturated heterocycles. The Morgan fingerprint density at radius 1 is 1.18 bits per heavy atom. The number of nitrogens with zero attached hydrogens (tertiary/aromatic N) is 4. The quantitative estimate of drug-likeness (QED) is 0.698. The van der Waals surface area contributed by atoms with Gasteiger partial charge in [-0.3, -0.25) is 4.98 Å². The first-order valence-corrected chi connectivity index (χ1v) is 9.35. The highest BCUT2D eigenvalue weighted by Crippen LogP contribution is 2.31. The normalized spacial score (nSPS) is 16.1. The van der Waals surface area contributed by atoms with Gasteiger partial charge < -0.3 is 14.7 Å². The Morgan fingerprint density at radius 2 is 1.96 bits per heavy atom. The summed E-state index contributed by atoms with van der Waals surface area (Å²) < 4.78 is 4.67. The van der Waals surface area contributed by atoms with Crippen molar-refractivity contribution in [1.29, 1.82) is 0 Å². The van der Waals surface area contributed by atoms with Gasteiger partial charge in [-0.25, -0.2) is 14.8 Å². The number of methoxy groups -OCH3 is 1. The van der Waals surface area contributed by atoms with E-state index in [2.05, 4.69) is 14.6 Å². The molecule has 7 heteroatoms. The number of pyridine rings is 1. The minimum Gasteiger partial charge on any atom is -0.467 e. The van der Waals surface area contributed by atoms with Crippen molar-refractivity contribution in [3.05, 3.63) is 48.8 Å². The van der Waals surface area contributed by atoms with Gasteiger partial charge in [0.2, 0.25) is 0 Å². The van der Waals surface area contributed by atoms with E-state index in [9.17, 15) is 9.90 Å². The van der Waals surface area contributed by atoms with Crippen molar-refractivity contribution in [2.75, 3.05) is 25.1 Å². The Morgan fingerprint density at radius 3 is 2.68 bits per heavy atom. The van der Waals surface area contributed by atoms with Crippen molar-refractivity contribution in [2.24, 2.45) is 5.92 Å². The number of benzene rings is 1. The monoisotopic (exact) mass is 378 g/mol. The highest BCUT2D eigenvalue weighted by molar-refractivity contribution is 5.91. The first-order chi connectivity index (χ1) is 13.7. The second-order valence-electron chi connectivity index (χ2n) is 6.92. The molecule has 0 bridgehead atoms. The number of para-hydroxylation sites is 1. The SMILES string of the molecule is COC(=O)C(O)C1CCN(c2nc(-c3cccnc3)nc3ccccc23)CC1. The van der Waals surface area contributed by atoms with Crippen LogP contribution in [0, 0.1) is 5.92 Å². The number of piperidine rings is 1. The standard InChI is InChI=1S/C21H22N4O3/c1-28-21(27)18(26)14-8-11-25(12-9-14)20-16-6-2-3-7-17(16)23-19(24-20)15-5-4-10-22-13-15/h2-7,10,13-14,18,26H,8-9,11-12H2,1H3. The number of aromatic nitrogens is 3. The summed E-state index contributed by atoms with van der Waals surface area (Å²) in [4.78, 5) is 27.5. The number of carbonyl (C=O) groups excluding carboxylic acids is 1. The third-order valence-electron chi connectivity index (χ3n) is 5.23. The van der Waals surface area contributed by atoms with Gasteiger partial charge in [0.15, 0.2) is 11.9 Å². The van der Waals surface area contributed by atoms with Crippen LogP contribution in [0.1, 0.15) is 12.8 Å². The number of hydrogen-bond donors (Lipinski definition) is 1. The van der Waals surface area contributed by atoms with Gasteiger partial charge in [-0.1, -0.05) is 12.1 Å². The number of anilines is 1. The third kappa shape index (κ3) is 3.53. The summed E-state index contributed by atoms with van der Waals surface area (Å²) >= 11 is 0. The van der Waals surface area contributed by atoms with E-state index >= 15 is 0 Å². The molecule has 0 radical (unpaired) electrons. The van der Waals surface area contributed by atoms with Crippen molar-refractivity contribution >= 4 is 22.7 Å². The molecule has 0 saturated carbocycles. The molecular formula is C21H22N4O3. The Bertz CT molecular complexity index is 972. The van der Waals surface area contributed by atoms with Crippen LogP contribution in [0.2, 0.25) is 0 Å². The van der Waals surface area contributed by atoms with Crippen LogP contribution in [0.25, 0.3) is 22.3 Å². The molecule has 1 aliphatic heterocycles. The highest BCUT2D eigenvalue weighted by Gasteiger charge is 2.31. The zero-order chi connectivity index (χ0) is 19.5. The fraction of sp³-hybridized carbons (Fsp3) is 0.333. The molecule has 4 rings (SSSR count). The molecule has 144 valence electrons. The van der Waals surface area contributed by atoms with Gasteiger partial charge in [-0.2, -0.15) is 0 Å². The number of ether oxygens (including phenoxy) is 1. The Balaban J connectivity index is 1.64. The number of esters is 1. The van der Waals surface area contributed by atoms with Crippen molar-refractivity contribution in [2.45, 2.75) is 18.9 Å². The van der Waals surface area contributed by atoms with E-state index in [4.69, 9.17) is 9.97 Å². The van der Waals surface area contributed by atoms with Gasteiger partial charge in [0.25, 0.3) is 0 Å². The van der Waals surface area contributed by atoms with Crippen molar-refractivity contribution in [3.8, 4) is 11.4 Å². The van der Waals surface area contributed by atoms with E-state index in [1.165, 1.54) is 7.11 Å². The van der Waals surface area contributed by atoms with Crippen LogP contribution >= 0.6 is 0 Å². The maximum Gasteiger partial charge on any atom is 0.334 e. The molecule has 0 amide bonds. The van der Waals surface area contributed by atoms with Gasteiger partial charge in [-0.15, -0.1) is 0 Å². The molecule has 3 aromatic rings. The number of aliphatic hydroxyl groups excluding tert-OH is 1.